The van der Waals surface area contributed by atoms with Crippen molar-refractivity contribution in [1.29, 1.82) is 0 Å². The first-order valence-corrected chi connectivity index (χ1v) is 8.45. The molecule has 0 atom stereocenters. The molecule has 3 rings (SSSR count). The van der Waals surface area contributed by atoms with Crippen molar-refractivity contribution >= 4 is 11.7 Å². The normalized spacial score (nSPS) is 17.1. The molecule has 0 bridgehead atoms. The van der Waals surface area contributed by atoms with Crippen LogP contribution in [0.1, 0.15) is 19.8 Å². The van der Waals surface area contributed by atoms with Gasteiger partial charge in [-0.3, -0.25) is 0 Å². The van der Waals surface area contributed by atoms with E-state index >= 15 is 0 Å². The molecule has 1 saturated heterocycles. The Morgan fingerprint density at radius 3 is 2.61 bits per heavy atom. The highest BCUT2D eigenvalue weighted by Crippen LogP contribution is 2.34. The third kappa shape index (κ3) is 3.81. The van der Waals surface area contributed by atoms with Crippen LogP contribution in [0.3, 0.4) is 0 Å². The number of nitrogens with zero attached hydrogens (tertiary/aromatic N) is 2. The second kappa shape index (κ2) is 7.44. The summed E-state index contributed by atoms with van der Waals surface area (Å²) in [5.41, 5.74) is 1.13. The van der Waals surface area contributed by atoms with E-state index in [1.807, 2.05) is 17.0 Å². The lowest BCUT2D eigenvalue weighted by Gasteiger charge is -2.36. The monoisotopic (exact) mass is 319 g/mol. The van der Waals surface area contributed by atoms with Crippen LogP contribution in [0, 0.1) is 0 Å². The molecule has 2 amide bonds. The second-order valence-corrected chi connectivity index (χ2v) is 5.89. The van der Waals surface area contributed by atoms with E-state index in [0.29, 0.717) is 13.2 Å². The number of amides is 2. The lowest BCUT2D eigenvalue weighted by molar-refractivity contribution is 0.171. The van der Waals surface area contributed by atoms with Crippen LogP contribution in [0.25, 0.3) is 0 Å². The van der Waals surface area contributed by atoms with Crippen molar-refractivity contribution in [1.82, 2.24) is 10.2 Å². The molecule has 1 aromatic rings. The molecule has 2 aliphatic rings. The average molecular weight is 319 g/mol. The van der Waals surface area contributed by atoms with Crippen LogP contribution in [0.5, 0.6) is 11.5 Å². The minimum Gasteiger partial charge on any atom is -0.486 e. The van der Waals surface area contributed by atoms with Crippen molar-refractivity contribution in [2.24, 2.45) is 0 Å². The summed E-state index contributed by atoms with van der Waals surface area (Å²) in [5.74, 6) is 1.63. The van der Waals surface area contributed by atoms with Gasteiger partial charge in [0.25, 0.3) is 0 Å². The SMILES string of the molecule is CCCCNC(=O)N1CCN(c2ccc3c(c2)OCCO3)CC1. The molecule has 1 aromatic carbocycles. The van der Waals surface area contributed by atoms with E-state index in [1.165, 1.54) is 0 Å². The van der Waals surface area contributed by atoms with Gasteiger partial charge >= 0.3 is 6.03 Å². The van der Waals surface area contributed by atoms with Gasteiger partial charge in [0.2, 0.25) is 0 Å². The van der Waals surface area contributed by atoms with Crippen LogP contribution in [-0.2, 0) is 0 Å². The van der Waals surface area contributed by atoms with Gasteiger partial charge in [-0.15, -0.1) is 0 Å². The quantitative estimate of drug-likeness (QED) is 0.864. The molecule has 0 unspecified atom stereocenters. The Morgan fingerprint density at radius 1 is 1.13 bits per heavy atom. The summed E-state index contributed by atoms with van der Waals surface area (Å²) in [4.78, 5) is 16.2. The molecule has 6 nitrogen and oxygen atoms in total. The molecule has 0 spiro atoms. The van der Waals surface area contributed by atoms with E-state index in [2.05, 4.69) is 23.2 Å². The molecule has 0 saturated carbocycles. The van der Waals surface area contributed by atoms with Crippen molar-refractivity contribution in [3.05, 3.63) is 18.2 Å². The Hall–Kier alpha value is -2.11. The van der Waals surface area contributed by atoms with Gasteiger partial charge in [0.05, 0.1) is 0 Å². The zero-order valence-corrected chi connectivity index (χ0v) is 13.7. The Bertz CT molecular complexity index is 542. The molecule has 2 heterocycles. The first kappa shape index (κ1) is 15.8. The summed E-state index contributed by atoms with van der Waals surface area (Å²) in [6, 6.07) is 6.11. The molecule has 0 aromatic heterocycles. The van der Waals surface area contributed by atoms with Crippen molar-refractivity contribution in [3.8, 4) is 11.5 Å². The second-order valence-electron chi connectivity index (χ2n) is 5.89. The van der Waals surface area contributed by atoms with Crippen LogP contribution >= 0.6 is 0 Å². The molecule has 1 fully saturated rings. The van der Waals surface area contributed by atoms with E-state index < -0.39 is 0 Å². The molecular weight excluding hydrogens is 294 g/mol. The van der Waals surface area contributed by atoms with E-state index in [0.717, 1.165) is 62.8 Å². The largest absolute Gasteiger partial charge is 0.486 e. The minimum absolute atomic E-state index is 0.0558. The van der Waals surface area contributed by atoms with Gasteiger partial charge in [0.15, 0.2) is 11.5 Å². The summed E-state index contributed by atoms with van der Waals surface area (Å²) in [6.45, 7) is 7.25. The van der Waals surface area contributed by atoms with Crippen molar-refractivity contribution < 1.29 is 14.3 Å². The lowest BCUT2D eigenvalue weighted by atomic mass is 10.2. The van der Waals surface area contributed by atoms with Gasteiger partial charge < -0.3 is 24.6 Å². The van der Waals surface area contributed by atoms with Crippen LogP contribution < -0.4 is 19.7 Å². The molecule has 126 valence electrons. The van der Waals surface area contributed by atoms with Crippen molar-refractivity contribution in [2.45, 2.75) is 19.8 Å². The fourth-order valence-corrected chi connectivity index (χ4v) is 2.88. The third-order valence-electron chi connectivity index (χ3n) is 4.26. The van der Waals surface area contributed by atoms with Gasteiger partial charge in [-0.2, -0.15) is 0 Å². The summed E-state index contributed by atoms with van der Waals surface area (Å²) in [5, 5.41) is 2.98. The summed E-state index contributed by atoms with van der Waals surface area (Å²) in [6.07, 6.45) is 2.13. The van der Waals surface area contributed by atoms with Crippen LogP contribution in [0.15, 0.2) is 18.2 Å². The Kier molecular flexibility index (Phi) is 5.10. The first-order chi connectivity index (χ1) is 11.3. The van der Waals surface area contributed by atoms with Crippen LogP contribution in [0.2, 0.25) is 0 Å². The molecule has 23 heavy (non-hydrogen) atoms. The Balaban J connectivity index is 1.53. The smallest absolute Gasteiger partial charge is 0.317 e. The summed E-state index contributed by atoms with van der Waals surface area (Å²) in [7, 11) is 0. The van der Waals surface area contributed by atoms with E-state index in [-0.39, 0.29) is 6.03 Å². The number of hydrogen-bond acceptors (Lipinski definition) is 4. The Labute approximate surface area is 137 Å². The minimum atomic E-state index is 0.0558. The highest BCUT2D eigenvalue weighted by Gasteiger charge is 2.22. The number of ether oxygens (including phenoxy) is 2. The number of fused-ring (bicyclic) bond motifs is 1. The molecule has 6 heteroatoms. The van der Waals surface area contributed by atoms with Crippen LogP contribution in [0.4, 0.5) is 10.5 Å². The average Bonchev–Trinajstić information content (AvgIpc) is 2.61. The topological polar surface area (TPSA) is 54.0 Å². The number of urea groups is 1. The molecule has 2 aliphatic heterocycles. The number of hydrogen-bond donors (Lipinski definition) is 1. The van der Waals surface area contributed by atoms with E-state index in [4.69, 9.17) is 9.47 Å². The third-order valence-corrected chi connectivity index (χ3v) is 4.26. The van der Waals surface area contributed by atoms with Gasteiger partial charge in [-0.25, -0.2) is 4.79 Å². The zero-order chi connectivity index (χ0) is 16.1. The number of carbonyl (C=O) groups excluding carboxylic acids is 1. The number of nitrogens with one attached hydrogen (secondary N) is 1. The van der Waals surface area contributed by atoms with Gasteiger partial charge in [0.1, 0.15) is 13.2 Å². The molecular formula is C17H25N3O3. The number of benzene rings is 1. The van der Waals surface area contributed by atoms with E-state index in [1.54, 1.807) is 0 Å². The van der Waals surface area contributed by atoms with Crippen LogP contribution in [-0.4, -0.2) is 56.9 Å². The maximum Gasteiger partial charge on any atom is 0.317 e. The molecule has 0 radical (unpaired) electrons. The number of piperazine rings is 1. The molecule has 1 N–H and O–H groups in total. The van der Waals surface area contributed by atoms with E-state index in [9.17, 15) is 4.79 Å². The standard InChI is InChI=1S/C17H25N3O3/c1-2-3-6-18-17(21)20-9-7-19(8-10-20)14-4-5-15-16(13-14)23-12-11-22-15/h4-5,13H,2-3,6-12H2,1H3,(H,18,21). The van der Waals surface area contributed by atoms with Crippen molar-refractivity contribution in [3.63, 3.8) is 0 Å². The number of carbonyl (C=O) groups is 1. The summed E-state index contributed by atoms with van der Waals surface area (Å²) >= 11 is 0. The first-order valence-electron chi connectivity index (χ1n) is 8.45. The maximum atomic E-state index is 12.1. The van der Waals surface area contributed by atoms with Gasteiger partial charge in [0, 0.05) is 44.5 Å². The van der Waals surface area contributed by atoms with Gasteiger partial charge in [-0.1, -0.05) is 13.3 Å². The molecule has 0 aliphatic carbocycles. The number of anilines is 1. The van der Waals surface area contributed by atoms with Crippen molar-refractivity contribution in [2.75, 3.05) is 50.8 Å². The maximum absolute atomic E-state index is 12.1. The predicted octanol–water partition coefficient (Wildman–Crippen LogP) is 2.09. The van der Waals surface area contributed by atoms with Gasteiger partial charge in [-0.05, 0) is 18.6 Å². The number of rotatable bonds is 4. The zero-order valence-electron chi connectivity index (χ0n) is 13.7. The fourth-order valence-electron chi connectivity index (χ4n) is 2.88. The number of unbranched alkanes of at least 4 members (excludes halogenated alkanes) is 1. The summed E-state index contributed by atoms with van der Waals surface area (Å²) < 4.78 is 11.2. The predicted molar refractivity (Wildman–Crippen MR) is 89.5 cm³/mol. The highest BCUT2D eigenvalue weighted by atomic mass is 16.6. The lowest BCUT2D eigenvalue weighted by Crippen LogP contribution is -2.52. The Morgan fingerprint density at radius 2 is 1.87 bits per heavy atom. The highest BCUT2D eigenvalue weighted by molar-refractivity contribution is 5.74. The fraction of sp³-hybridized carbons (Fsp3) is 0.588.